The summed E-state index contributed by atoms with van der Waals surface area (Å²) in [6, 6.07) is 7.13. The molecule has 3 amide bonds. The van der Waals surface area contributed by atoms with Crippen LogP contribution in [0.3, 0.4) is 0 Å². The third-order valence-corrected chi connectivity index (χ3v) is 6.98. The molecule has 0 saturated carbocycles. The fourth-order valence-corrected chi connectivity index (χ4v) is 4.83. The van der Waals surface area contributed by atoms with Gasteiger partial charge in [0.15, 0.2) is 9.84 Å². The first-order valence-corrected chi connectivity index (χ1v) is 11.8. The van der Waals surface area contributed by atoms with Crippen molar-refractivity contribution in [3.63, 3.8) is 0 Å². The lowest BCUT2D eigenvalue weighted by molar-refractivity contribution is 0.141. The highest BCUT2D eigenvalue weighted by Gasteiger charge is 2.32. The first-order chi connectivity index (χ1) is 15.2. The zero-order chi connectivity index (χ0) is 22.9. The average Bonchev–Trinajstić information content (AvgIpc) is 3.13. The maximum Gasteiger partial charge on any atom is 0.414 e. The van der Waals surface area contributed by atoms with E-state index in [4.69, 9.17) is 10.5 Å². The molecule has 2 fully saturated rings. The number of hydrogen-bond acceptors (Lipinski definition) is 7. The van der Waals surface area contributed by atoms with Crippen molar-refractivity contribution in [1.82, 2.24) is 10.3 Å². The van der Waals surface area contributed by atoms with Gasteiger partial charge in [-0.2, -0.15) is 0 Å². The zero-order valence-electron chi connectivity index (χ0n) is 17.0. The van der Waals surface area contributed by atoms with E-state index in [0.29, 0.717) is 35.7 Å². The molecule has 2 aliphatic heterocycles. The molecule has 0 unspecified atom stereocenters. The summed E-state index contributed by atoms with van der Waals surface area (Å²) in [5.74, 6) is 0.277. The minimum Gasteiger partial charge on any atom is -0.442 e. The van der Waals surface area contributed by atoms with Gasteiger partial charge in [0.2, 0.25) is 0 Å². The molecule has 0 aliphatic carbocycles. The van der Waals surface area contributed by atoms with Crippen LogP contribution in [0.15, 0.2) is 36.5 Å². The summed E-state index contributed by atoms with van der Waals surface area (Å²) in [4.78, 5) is 30.5. The lowest BCUT2D eigenvalue weighted by atomic mass is 10.1. The number of sulfone groups is 1. The third-order valence-electron chi connectivity index (χ3n) is 5.37. The largest absolute Gasteiger partial charge is 0.442 e. The number of cyclic esters (lactones) is 1. The lowest BCUT2D eigenvalue weighted by Gasteiger charge is -2.27. The first-order valence-electron chi connectivity index (χ1n) is 9.95. The van der Waals surface area contributed by atoms with Crippen molar-refractivity contribution >= 4 is 33.5 Å². The van der Waals surface area contributed by atoms with Crippen molar-refractivity contribution in [3.8, 4) is 11.1 Å². The Morgan fingerprint density at radius 2 is 2.00 bits per heavy atom. The van der Waals surface area contributed by atoms with Gasteiger partial charge in [0.1, 0.15) is 17.7 Å². The van der Waals surface area contributed by atoms with Crippen molar-refractivity contribution in [2.24, 2.45) is 5.73 Å². The van der Waals surface area contributed by atoms with Crippen LogP contribution in [0.4, 0.5) is 25.5 Å². The van der Waals surface area contributed by atoms with Crippen LogP contribution in [0, 0.1) is 5.82 Å². The van der Waals surface area contributed by atoms with Crippen LogP contribution in [0.25, 0.3) is 11.1 Å². The fourth-order valence-electron chi connectivity index (χ4n) is 3.63. The lowest BCUT2D eigenvalue weighted by Crippen LogP contribution is -2.40. The van der Waals surface area contributed by atoms with E-state index < -0.39 is 33.9 Å². The summed E-state index contributed by atoms with van der Waals surface area (Å²) in [5.41, 5.74) is 6.21. The topological polar surface area (TPSA) is 135 Å². The molecule has 4 rings (SSSR count). The molecule has 3 heterocycles. The van der Waals surface area contributed by atoms with Crippen LogP contribution < -0.4 is 20.9 Å². The number of aromatic nitrogens is 1. The molecule has 0 bridgehead atoms. The van der Waals surface area contributed by atoms with E-state index in [1.807, 2.05) is 4.90 Å². The molecule has 1 aromatic carbocycles. The zero-order valence-corrected chi connectivity index (χ0v) is 17.8. The number of nitrogens with two attached hydrogens (primary N) is 1. The predicted octanol–water partition coefficient (Wildman–Crippen LogP) is 1.12. The standard InChI is InChI=1S/C20H22FN5O5S/c21-17-9-14(26-12-15(31-20(26)28)11-24-19(22)27)2-3-16(17)13-1-4-18(23-10-13)25-5-7-32(29,30)8-6-25/h1-4,9-10,15H,5-8,11-12H2,(H3,22,24,27)/t15-/m0/s1. The second kappa shape index (κ2) is 8.61. The Morgan fingerprint density at radius 1 is 1.25 bits per heavy atom. The number of carbonyl (C=O) groups is 2. The van der Waals surface area contributed by atoms with Gasteiger partial charge in [0.25, 0.3) is 0 Å². The number of primary amides is 1. The van der Waals surface area contributed by atoms with Crippen molar-refractivity contribution < 1.29 is 27.1 Å². The van der Waals surface area contributed by atoms with Crippen molar-refractivity contribution in [2.75, 3.05) is 47.5 Å². The number of amides is 3. The van der Waals surface area contributed by atoms with Crippen LogP contribution in [0.2, 0.25) is 0 Å². The van der Waals surface area contributed by atoms with Crippen molar-refractivity contribution in [2.45, 2.75) is 6.10 Å². The molecule has 1 aromatic heterocycles. The predicted molar refractivity (Wildman–Crippen MR) is 116 cm³/mol. The molecule has 10 nitrogen and oxygen atoms in total. The van der Waals surface area contributed by atoms with Gasteiger partial charge in [-0.3, -0.25) is 4.90 Å². The second-order valence-corrected chi connectivity index (χ2v) is 9.87. The van der Waals surface area contributed by atoms with Crippen LogP contribution >= 0.6 is 0 Å². The number of pyridine rings is 1. The molecule has 2 saturated heterocycles. The van der Waals surface area contributed by atoms with Gasteiger partial charge >= 0.3 is 12.1 Å². The molecule has 32 heavy (non-hydrogen) atoms. The summed E-state index contributed by atoms with van der Waals surface area (Å²) in [6.45, 7) is 0.970. The van der Waals surface area contributed by atoms with Crippen LogP contribution in [0.1, 0.15) is 0 Å². The summed E-state index contributed by atoms with van der Waals surface area (Å²) >= 11 is 0. The van der Waals surface area contributed by atoms with E-state index in [0.717, 1.165) is 0 Å². The number of ether oxygens (including phenoxy) is 1. The summed E-state index contributed by atoms with van der Waals surface area (Å²) < 4.78 is 43.2. The Morgan fingerprint density at radius 3 is 2.62 bits per heavy atom. The SMILES string of the molecule is NC(=O)NC[C@H]1CN(c2ccc(-c3ccc(N4CCS(=O)(=O)CC4)nc3)c(F)c2)C(=O)O1. The maximum atomic E-state index is 14.9. The highest BCUT2D eigenvalue weighted by molar-refractivity contribution is 7.91. The normalized spacial score (nSPS) is 20.2. The molecule has 2 aromatic rings. The molecule has 12 heteroatoms. The first kappa shape index (κ1) is 21.8. The van der Waals surface area contributed by atoms with Crippen LogP contribution in [0.5, 0.6) is 0 Å². The molecule has 0 radical (unpaired) electrons. The Hall–Kier alpha value is -3.41. The smallest absolute Gasteiger partial charge is 0.414 e. The number of rotatable bonds is 5. The average molecular weight is 463 g/mol. The number of hydrogen-bond donors (Lipinski definition) is 2. The van der Waals surface area contributed by atoms with Crippen LogP contribution in [-0.4, -0.2) is 69.3 Å². The van der Waals surface area contributed by atoms with Gasteiger partial charge in [-0.1, -0.05) is 0 Å². The number of nitrogens with zero attached hydrogens (tertiary/aromatic N) is 3. The quantitative estimate of drug-likeness (QED) is 0.678. The molecular formula is C20H22FN5O5S. The van der Waals surface area contributed by atoms with Crippen molar-refractivity contribution in [1.29, 1.82) is 0 Å². The number of urea groups is 1. The Balaban J connectivity index is 1.45. The minimum atomic E-state index is -2.99. The van der Waals surface area contributed by atoms with E-state index in [9.17, 15) is 22.4 Å². The van der Waals surface area contributed by atoms with Gasteiger partial charge in [-0.05, 0) is 30.3 Å². The number of nitrogens with one attached hydrogen (secondary N) is 1. The number of benzene rings is 1. The highest BCUT2D eigenvalue weighted by Crippen LogP contribution is 2.29. The Labute approximate surface area is 184 Å². The van der Waals surface area contributed by atoms with E-state index in [-0.39, 0.29) is 24.6 Å². The van der Waals surface area contributed by atoms with Gasteiger partial charge in [-0.25, -0.2) is 27.4 Å². The molecule has 1 atom stereocenters. The molecule has 2 aliphatic rings. The number of anilines is 2. The van der Waals surface area contributed by atoms with Gasteiger partial charge in [0, 0.05) is 30.4 Å². The maximum absolute atomic E-state index is 14.9. The second-order valence-electron chi connectivity index (χ2n) is 7.57. The van der Waals surface area contributed by atoms with E-state index in [1.54, 1.807) is 24.3 Å². The number of halogens is 1. The monoisotopic (exact) mass is 463 g/mol. The Kier molecular flexibility index (Phi) is 5.87. The summed E-state index contributed by atoms with van der Waals surface area (Å²) in [7, 11) is -2.99. The molecule has 0 spiro atoms. The Bertz CT molecular complexity index is 1130. The van der Waals surface area contributed by atoms with Gasteiger partial charge in [0.05, 0.1) is 30.3 Å². The van der Waals surface area contributed by atoms with Gasteiger partial charge in [-0.15, -0.1) is 0 Å². The van der Waals surface area contributed by atoms with Crippen LogP contribution in [-0.2, 0) is 14.6 Å². The summed E-state index contributed by atoms with van der Waals surface area (Å²) in [6.07, 6.45) is 0.314. The van der Waals surface area contributed by atoms with E-state index >= 15 is 0 Å². The molecular weight excluding hydrogens is 441 g/mol. The fraction of sp³-hybridized carbons (Fsp3) is 0.350. The minimum absolute atomic E-state index is 0.0686. The van der Waals surface area contributed by atoms with Gasteiger partial charge < -0.3 is 20.7 Å². The number of carbonyl (C=O) groups excluding carboxylic acids is 2. The van der Waals surface area contributed by atoms with E-state index in [2.05, 4.69) is 10.3 Å². The summed E-state index contributed by atoms with van der Waals surface area (Å²) in [5, 5.41) is 2.37. The van der Waals surface area contributed by atoms with E-state index in [1.165, 1.54) is 17.2 Å². The molecule has 170 valence electrons. The molecule has 3 N–H and O–H groups in total. The van der Waals surface area contributed by atoms with Crippen molar-refractivity contribution in [3.05, 3.63) is 42.3 Å². The highest BCUT2D eigenvalue weighted by atomic mass is 32.2. The third kappa shape index (κ3) is 4.74.